The second-order valence-electron chi connectivity index (χ2n) is 6.59. The Labute approximate surface area is 179 Å². The second kappa shape index (κ2) is 8.00. The van der Waals surface area contributed by atoms with Gasteiger partial charge in [-0.05, 0) is 42.0 Å². The maximum Gasteiger partial charge on any atom is 0.335 e. The summed E-state index contributed by atoms with van der Waals surface area (Å²) in [5.74, 6) is -0.537. The fourth-order valence-electron chi connectivity index (χ4n) is 2.99. The van der Waals surface area contributed by atoms with Gasteiger partial charge in [-0.3, -0.25) is 9.69 Å². The summed E-state index contributed by atoms with van der Waals surface area (Å²) in [5.41, 5.74) is 1.83. The molecule has 1 fully saturated rings. The van der Waals surface area contributed by atoms with Crippen LogP contribution in [0.1, 0.15) is 21.7 Å². The molecule has 2 aromatic carbocycles. The van der Waals surface area contributed by atoms with E-state index in [1.807, 2.05) is 24.3 Å². The molecule has 7 nitrogen and oxygen atoms in total. The van der Waals surface area contributed by atoms with Crippen LogP contribution in [0.15, 0.2) is 75.3 Å². The van der Waals surface area contributed by atoms with Crippen LogP contribution in [0, 0.1) is 0 Å². The third-order valence-corrected chi connectivity index (χ3v) is 5.07. The number of aromatic carboxylic acids is 1. The monoisotopic (exact) mass is 466 g/mol. The Morgan fingerprint density at radius 2 is 1.73 bits per heavy atom. The van der Waals surface area contributed by atoms with E-state index in [2.05, 4.69) is 21.2 Å². The first-order chi connectivity index (χ1) is 14.4. The van der Waals surface area contributed by atoms with Gasteiger partial charge >= 0.3 is 12.0 Å². The van der Waals surface area contributed by atoms with E-state index in [1.54, 1.807) is 24.3 Å². The van der Waals surface area contributed by atoms with Gasteiger partial charge in [0.25, 0.3) is 5.91 Å². The fraction of sp³-hybridized carbons (Fsp3) is 0.0455. The largest absolute Gasteiger partial charge is 0.478 e. The number of hydrogen-bond acceptors (Lipinski definition) is 4. The molecule has 3 aromatic rings. The molecular formula is C22H15BrN2O5. The predicted molar refractivity (Wildman–Crippen MR) is 112 cm³/mol. The number of imide groups is 1. The van der Waals surface area contributed by atoms with Crippen molar-refractivity contribution in [2.75, 3.05) is 0 Å². The van der Waals surface area contributed by atoms with Gasteiger partial charge in [0.1, 0.15) is 17.2 Å². The molecule has 30 heavy (non-hydrogen) atoms. The molecule has 2 heterocycles. The van der Waals surface area contributed by atoms with E-state index in [-0.39, 0.29) is 17.8 Å². The molecule has 1 aliphatic rings. The Balaban J connectivity index is 1.51. The highest BCUT2D eigenvalue weighted by molar-refractivity contribution is 9.10. The van der Waals surface area contributed by atoms with Crippen molar-refractivity contribution in [1.29, 1.82) is 0 Å². The Morgan fingerprint density at radius 3 is 2.40 bits per heavy atom. The third-order valence-electron chi connectivity index (χ3n) is 4.55. The van der Waals surface area contributed by atoms with E-state index >= 15 is 0 Å². The quantitative estimate of drug-likeness (QED) is 0.425. The number of carboxylic acid groups (broad SMARTS) is 1. The number of nitrogens with zero attached hydrogens (tertiary/aromatic N) is 1. The molecule has 2 N–H and O–H groups in total. The van der Waals surface area contributed by atoms with Crippen LogP contribution in [0.2, 0.25) is 0 Å². The highest BCUT2D eigenvalue weighted by Gasteiger charge is 2.33. The summed E-state index contributed by atoms with van der Waals surface area (Å²) in [6.45, 7) is 0.161. The number of benzene rings is 2. The summed E-state index contributed by atoms with van der Waals surface area (Å²) >= 11 is 3.35. The van der Waals surface area contributed by atoms with Crippen molar-refractivity contribution in [1.82, 2.24) is 10.2 Å². The topological polar surface area (TPSA) is 99.9 Å². The summed E-state index contributed by atoms with van der Waals surface area (Å²) in [6, 6.07) is 16.5. The molecule has 0 aliphatic carbocycles. The van der Waals surface area contributed by atoms with Crippen LogP contribution < -0.4 is 5.32 Å². The number of amides is 3. The molecule has 0 unspecified atom stereocenters. The second-order valence-corrected chi connectivity index (χ2v) is 7.51. The molecule has 3 amide bonds. The lowest BCUT2D eigenvalue weighted by molar-refractivity contribution is -0.123. The van der Waals surface area contributed by atoms with Crippen molar-refractivity contribution in [2.45, 2.75) is 6.54 Å². The maximum atomic E-state index is 12.6. The third kappa shape index (κ3) is 4.04. The fourth-order valence-corrected chi connectivity index (χ4v) is 3.26. The van der Waals surface area contributed by atoms with Crippen LogP contribution in [-0.4, -0.2) is 27.9 Å². The minimum atomic E-state index is -1.01. The van der Waals surface area contributed by atoms with Crippen LogP contribution in [0.4, 0.5) is 4.79 Å². The molecule has 0 saturated carbocycles. The highest BCUT2D eigenvalue weighted by atomic mass is 79.9. The van der Waals surface area contributed by atoms with E-state index in [1.165, 1.54) is 18.2 Å². The molecule has 150 valence electrons. The Morgan fingerprint density at radius 1 is 1.03 bits per heavy atom. The van der Waals surface area contributed by atoms with Crippen molar-refractivity contribution in [2.24, 2.45) is 0 Å². The van der Waals surface area contributed by atoms with Crippen molar-refractivity contribution >= 4 is 39.9 Å². The smallest absolute Gasteiger partial charge is 0.335 e. The lowest BCUT2D eigenvalue weighted by Crippen LogP contribution is -2.30. The van der Waals surface area contributed by atoms with E-state index in [0.717, 1.165) is 14.9 Å². The number of urea groups is 1. The van der Waals surface area contributed by atoms with Crippen LogP contribution in [-0.2, 0) is 11.3 Å². The molecule has 1 saturated heterocycles. The van der Waals surface area contributed by atoms with Gasteiger partial charge in [0, 0.05) is 16.1 Å². The molecule has 0 atom stereocenters. The van der Waals surface area contributed by atoms with Gasteiger partial charge in [-0.15, -0.1) is 0 Å². The van der Waals surface area contributed by atoms with Crippen molar-refractivity contribution < 1.29 is 23.9 Å². The molecule has 0 bridgehead atoms. The average molecular weight is 467 g/mol. The van der Waals surface area contributed by atoms with E-state index in [4.69, 9.17) is 9.52 Å². The number of rotatable bonds is 5. The molecule has 0 radical (unpaired) electrons. The number of hydrogen-bond donors (Lipinski definition) is 2. The molecule has 8 heteroatoms. The predicted octanol–water partition coefficient (Wildman–Crippen LogP) is 4.50. The standard InChI is InChI=1S/C22H15BrN2O5/c23-16-7-1-13(2-8-16)12-25-20(26)18(24-22(25)29)11-17-9-10-19(30-17)14-3-5-15(6-4-14)21(27)28/h1-11H,12H2,(H,24,29)(H,27,28)/b18-11+. The lowest BCUT2D eigenvalue weighted by atomic mass is 10.1. The van der Waals surface area contributed by atoms with Crippen molar-refractivity contribution in [3.8, 4) is 11.3 Å². The first-order valence-electron chi connectivity index (χ1n) is 8.93. The van der Waals surface area contributed by atoms with Crippen molar-refractivity contribution in [3.05, 3.63) is 87.7 Å². The molecule has 0 spiro atoms. The summed E-state index contributed by atoms with van der Waals surface area (Å²) in [7, 11) is 0. The zero-order valence-electron chi connectivity index (χ0n) is 15.5. The normalized spacial score (nSPS) is 15.0. The van der Waals surface area contributed by atoms with E-state index in [0.29, 0.717) is 17.1 Å². The Kier molecular flexibility index (Phi) is 5.24. The number of carbonyl (C=O) groups is 3. The first kappa shape index (κ1) is 19.7. The number of carbonyl (C=O) groups excluding carboxylic acids is 2. The summed E-state index contributed by atoms with van der Waals surface area (Å²) < 4.78 is 6.64. The minimum Gasteiger partial charge on any atom is -0.478 e. The van der Waals surface area contributed by atoms with Gasteiger partial charge in [0.2, 0.25) is 0 Å². The SMILES string of the molecule is O=C(O)c1ccc(-c2ccc(/C=C3/NC(=O)N(Cc4ccc(Br)cc4)C3=O)o2)cc1. The molecule has 1 aliphatic heterocycles. The van der Waals surface area contributed by atoms with Crippen LogP contribution in [0.5, 0.6) is 0 Å². The zero-order chi connectivity index (χ0) is 21.3. The molecular weight excluding hydrogens is 452 g/mol. The van der Waals surface area contributed by atoms with Gasteiger partial charge in [0.05, 0.1) is 12.1 Å². The van der Waals surface area contributed by atoms with Gasteiger partial charge in [-0.2, -0.15) is 0 Å². The van der Waals surface area contributed by atoms with Gasteiger partial charge in [-0.1, -0.05) is 40.2 Å². The lowest BCUT2D eigenvalue weighted by Gasteiger charge is -2.11. The molecule has 4 rings (SSSR count). The van der Waals surface area contributed by atoms with Crippen LogP contribution >= 0.6 is 15.9 Å². The van der Waals surface area contributed by atoms with Gasteiger partial charge in [-0.25, -0.2) is 9.59 Å². The summed E-state index contributed by atoms with van der Waals surface area (Å²) in [6.07, 6.45) is 1.47. The highest BCUT2D eigenvalue weighted by Crippen LogP contribution is 2.25. The number of carboxylic acids is 1. The van der Waals surface area contributed by atoms with Gasteiger partial charge in [0.15, 0.2) is 0 Å². The first-order valence-corrected chi connectivity index (χ1v) is 9.72. The Hall–Kier alpha value is -3.65. The average Bonchev–Trinajstić information content (AvgIpc) is 3.30. The van der Waals surface area contributed by atoms with Crippen LogP contribution in [0.25, 0.3) is 17.4 Å². The van der Waals surface area contributed by atoms with E-state index < -0.39 is 17.9 Å². The van der Waals surface area contributed by atoms with E-state index in [9.17, 15) is 14.4 Å². The molecule has 1 aromatic heterocycles. The summed E-state index contributed by atoms with van der Waals surface area (Å²) in [5, 5.41) is 11.5. The number of furan rings is 1. The zero-order valence-corrected chi connectivity index (χ0v) is 17.0. The van der Waals surface area contributed by atoms with Crippen LogP contribution in [0.3, 0.4) is 0 Å². The number of nitrogens with one attached hydrogen (secondary N) is 1. The maximum absolute atomic E-state index is 12.6. The summed E-state index contributed by atoms with van der Waals surface area (Å²) in [4.78, 5) is 37.0. The Bertz CT molecular complexity index is 1160. The van der Waals surface area contributed by atoms with Crippen molar-refractivity contribution in [3.63, 3.8) is 0 Å². The minimum absolute atomic E-state index is 0.124. The van der Waals surface area contributed by atoms with Gasteiger partial charge < -0.3 is 14.8 Å². The number of halogens is 1.